The van der Waals surface area contributed by atoms with Crippen molar-refractivity contribution >= 4 is 85.9 Å². The van der Waals surface area contributed by atoms with Crippen molar-refractivity contribution in [2.24, 2.45) is 5.41 Å². The van der Waals surface area contributed by atoms with Gasteiger partial charge in [0.25, 0.3) is 11.4 Å². The number of anilines is 1. The van der Waals surface area contributed by atoms with Gasteiger partial charge in [0.15, 0.2) is 42.1 Å². The van der Waals surface area contributed by atoms with Crippen LogP contribution in [0.2, 0.25) is 0 Å². The minimum Gasteiger partial charge on any atom is -0.508 e. The van der Waals surface area contributed by atoms with Gasteiger partial charge in [-0.3, -0.25) is 25.0 Å². The Labute approximate surface area is 842 Å². The number of carbonyl (C=O) groups is 1. The van der Waals surface area contributed by atoms with Gasteiger partial charge >= 0.3 is 56.6 Å². The summed E-state index contributed by atoms with van der Waals surface area (Å²) in [5, 5.41) is 29.3. The molecule has 0 atom stereocenters. The first kappa shape index (κ1) is 130. The number of sulfone groups is 2. The Kier molecular flexibility index (Phi) is 71.1. The van der Waals surface area contributed by atoms with E-state index in [4.69, 9.17) is 52.2 Å². The number of terminal acetylenes is 2. The van der Waals surface area contributed by atoms with Crippen molar-refractivity contribution in [3.8, 4) is 89.0 Å². The molecule has 19 nitrogen and oxygen atoms in total. The topological polar surface area (TPSA) is 289 Å². The van der Waals surface area contributed by atoms with Gasteiger partial charge in [0.2, 0.25) is 0 Å². The molecule has 0 heterocycles. The molecule has 0 fully saturated rings. The molecule has 0 aliphatic rings. The molecule has 11 aromatic carbocycles. The Balaban J connectivity index is -0.000000749. The van der Waals surface area contributed by atoms with Crippen molar-refractivity contribution in [2.45, 2.75) is 218 Å². The SMILES string of the molecule is C#CC(C)(C)C.C#CC(C)(C)Oc1ccccc1.CC.CC.CC.CC.CC.CC(C)(C#Cc1ccc(N)cc1)Oc1ccccc1.CC(C)(C#Cc1ccc([N+](=O)[O-])cc1)Oc1ccccc1.CCS(=O)(=O)c1ccc(C)cc1.CCS(=O)(=O)c1ccc(CC(=O)Cc2ccc(C#CC(C)(C)Oc3ccccc3)cc2)cc1.Cc1ccc([N+](=O)[O-])cc1.I[I-]I.O=C=O.Oc1ccccc1. The zero-order chi connectivity index (χ0) is 104. The van der Waals surface area contributed by atoms with Crippen LogP contribution < -0.4 is 37.9 Å². The third-order valence-corrected chi connectivity index (χ3v) is 19.4. The number of phenolic OH excluding ortho intramolecular Hbond substituents is 1. The first-order valence-corrected chi connectivity index (χ1v) is 59.9. The van der Waals surface area contributed by atoms with Crippen LogP contribution in [0.5, 0.6) is 28.7 Å². The van der Waals surface area contributed by atoms with Gasteiger partial charge in [-0.25, -0.2) is 16.8 Å². The second-order valence-corrected chi connectivity index (χ2v) is 50.6. The van der Waals surface area contributed by atoms with E-state index >= 15 is 0 Å². The number of para-hydroxylation sites is 5. The van der Waals surface area contributed by atoms with Crippen LogP contribution >= 0.6 is 37.2 Å². The first-order chi connectivity index (χ1) is 64.4. The number of aryl methyl sites for hydroxylation is 2. The van der Waals surface area contributed by atoms with Gasteiger partial charge in [-0.15, -0.1) is 18.8 Å². The van der Waals surface area contributed by atoms with Crippen LogP contribution in [0.15, 0.2) is 307 Å². The number of nitro groups is 2. The van der Waals surface area contributed by atoms with Crippen molar-refractivity contribution in [3.63, 3.8) is 0 Å². The molecule has 0 unspecified atom stereocenters. The standard InChI is InChI=1S/C28H28O4S.C17H15NO3.C17H17NO.C11H12O.C9H12O2S.C7H7NO2.C6H6O.C6H10.5C2H6.CO2.I3/c1-4-33(30,31)27-16-14-24(15-17-27)21-25(29)20-23-12-10-22(11-13-23)18-19-28(2,3)32-26-8-6-5-7-9-26;1-17(2,21-16-6-4-3-5-7-16)13-12-14-8-10-15(11-9-14)18(19)20;1-17(2,19-16-6-4-3-5-7-16)13-12-14-8-10-15(18)11-9-14;1-4-11(2,3)12-10-8-6-5-7-9-10;1-3-12(10,11)9-6-4-8(2)5-7-9;1-6-2-4-7(5-3-6)8(9)10;7-6-4-2-1-3-5-6;1-5-6(2,3)4;5*1-2;2-1-3;1-3-2/h5-17H,4,20-21H2,1-3H3;3-11H,1-2H3;3-11H,18H2,1-2H3;1,5-9H,2-3H3;4-7H,3H2,1-2H3;2-5H,1H3;1-5,7H;1H,2-4H3;5*1-2H3;;/q;;;;;;;;;;;;;;-1. The second kappa shape index (κ2) is 74.2. The maximum atomic E-state index is 12.5. The van der Waals surface area contributed by atoms with E-state index in [1.54, 1.807) is 98.8 Å². The zero-order valence-electron chi connectivity index (χ0n) is 83.3. The van der Waals surface area contributed by atoms with Crippen molar-refractivity contribution in [1.82, 2.24) is 0 Å². The molecule has 0 bridgehead atoms. The Morgan fingerprint density at radius 2 is 0.610 bits per heavy atom. The number of nitrogens with zero attached hydrogens (tertiary/aromatic N) is 2. The number of carbonyl (C=O) groups excluding carboxylic acids is 3. The third kappa shape index (κ3) is 64.8. The fraction of sp³-hybridized carbons (Fsp3) is 0.304. The Hall–Kier alpha value is -12.0. The van der Waals surface area contributed by atoms with Crippen molar-refractivity contribution in [3.05, 3.63) is 356 Å². The predicted molar refractivity (Wildman–Crippen MR) is 574 cm³/mol. The summed E-state index contributed by atoms with van der Waals surface area (Å²) in [5.74, 6) is 27.5. The van der Waals surface area contributed by atoms with Crippen molar-refractivity contribution < 1.29 is 78.4 Å². The number of rotatable bonds is 18. The summed E-state index contributed by atoms with van der Waals surface area (Å²) in [4.78, 5) is 49.3. The van der Waals surface area contributed by atoms with Gasteiger partial charge in [-0.2, -0.15) is 9.59 Å². The molecule has 0 aliphatic carbocycles. The molecular formula is C112H137I3N3O16S2-. The molecule has 3 N–H and O–H groups in total. The fourth-order valence-corrected chi connectivity index (χ4v) is 11.1. The molecule has 0 aromatic heterocycles. The maximum absolute atomic E-state index is 12.5. The number of nitro benzene ring substituents is 2. The summed E-state index contributed by atoms with van der Waals surface area (Å²) in [7, 11) is -6.25. The van der Waals surface area contributed by atoms with E-state index in [1.807, 2.05) is 347 Å². The molecule has 136 heavy (non-hydrogen) atoms. The average molecular weight is 2230 g/mol. The fourth-order valence-electron chi connectivity index (χ4n) is 9.35. The van der Waals surface area contributed by atoms with Crippen molar-refractivity contribution in [2.75, 3.05) is 17.2 Å². The molecule has 0 aliphatic heterocycles. The van der Waals surface area contributed by atoms with Crippen LogP contribution in [-0.4, -0.2) is 77.6 Å². The number of phenols is 1. The van der Waals surface area contributed by atoms with E-state index in [9.17, 15) is 41.9 Å². The monoisotopic (exact) mass is 2220 g/mol. The van der Waals surface area contributed by atoms with Crippen LogP contribution in [0.4, 0.5) is 17.1 Å². The van der Waals surface area contributed by atoms with Crippen LogP contribution in [0, 0.1) is 99.7 Å². The Bertz CT molecular complexity index is 5660. The minimum atomic E-state index is -3.23. The van der Waals surface area contributed by atoms with Crippen LogP contribution in [-0.2, 0) is 46.9 Å². The van der Waals surface area contributed by atoms with E-state index in [2.05, 4.69) is 84.6 Å². The number of nitrogen functional groups attached to an aromatic ring is 1. The smallest absolute Gasteiger partial charge is 0.373 e. The van der Waals surface area contributed by atoms with E-state index in [0.717, 1.165) is 62.1 Å². The van der Waals surface area contributed by atoms with Gasteiger partial charge in [0, 0.05) is 64.9 Å². The Morgan fingerprint density at radius 1 is 0.390 bits per heavy atom. The van der Waals surface area contributed by atoms with Gasteiger partial charge < -0.3 is 29.8 Å². The van der Waals surface area contributed by atoms with E-state index in [1.165, 1.54) is 24.3 Å². The zero-order valence-corrected chi connectivity index (χ0v) is 91.4. The second-order valence-electron chi connectivity index (χ2n) is 29.8. The summed E-state index contributed by atoms with van der Waals surface area (Å²) in [6.45, 7) is 48.3. The van der Waals surface area contributed by atoms with Gasteiger partial charge in [-0.05, 0) is 235 Å². The first-order valence-electron chi connectivity index (χ1n) is 44.0. The van der Waals surface area contributed by atoms with Crippen LogP contribution in [0.1, 0.15) is 198 Å². The summed E-state index contributed by atoms with van der Waals surface area (Å²) in [6.07, 6.45) is 11.2. The number of Topliss-reactive ketones (excluding diaryl/α,β-unsaturated/α-hetero) is 1. The normalized spacial score (nSPS) is 9.77. The minimum absolute atomic E-state index is 0.0559. The number of ketones is 1. The van der Waals surface area contributed by atoms with Crippen LogP contribution in [0.25, 0.3) is 0 Å². The number of non-ortho nitro benzene ring substituents is 2. The number of ether oxygens (including phenoxy) is 4. The Morgan fingerprint density at radius 3 is 0.846 bits per heavy atom. The number of benzene rings is 11. The predicted octanol–water partition coefficient (Wildman–Crippen LogP) is 24.9. The third-order valence-electron chi connectivity index (χ3n) is 15.9. The quantitative estimate of drug-likeness (QED) is 0.0265. The number of hydrogen-bond donors (Lipinski definition) is 2. The summed E-state index contributed by atoms with van der Waals surface area (Å²) in [6, 6.07) is 88.1. The molecular weight excluding hydrogens is 2090 g/mol. The molecule has 0 radical (unpaired) electrons. The average Bonchev–Trinajstić information content (AvgIpc) is 0.845. The summed E-state index contributed by atoms with van der Waals surface area (Å²) in [5.41, 5.74) is 10.6. The maximum Gasteiger partial charge on any atom is 0.373 e. The van der Waals surface area contributed by atoms with E-state index in [-0.39, 0.29) is 51.5 Å². The number of halogens is 3. The van der Waals surface area contributed by atoms with E-state index in [0.29, 0.717) is 35.9 Å². The molecule has 0 spiro atoms. The van der Waals surface area contributed by atoms with Crippen LogP contribution in [0.3, 0.4) is 0 Å². The largest absolute Gasteiger partial charge is 0.508 e. The number of aromatic hydroxyl groups is 1. The summed E-state index contributed by atoms with van der Waals surface area (Å²) < 4.78 is 69.5. The van der Waals surface area contributed by atoms with Crippen molar-refractivity contribution in [1.29, 1.82) is 0 Å². The molecule has 0 saturated heterocycles. The van der Waals surface area contributed by atoms with E-state index < -0.39 is 51.9 Å². The molecule has 11 rings (SSSR count). The molecule has 0 saturated carbocycles. The molecule has 730 valence electrons. The van der Waals surface area contributed by atoms with Gasteiger partial charge in [0.05, 0.1) is 31.1 Å². The number of hydrogen-bond acceptors (Lipinski definition) is 17. The van der Waals surface area contributed by atoms with Gasteiger partial charge in [-0.1, -0.05) is 275 Å². The molecule has 0 amide bonds. The number of nitrogens with two attached hydrogens (primary N) is 1. The molecule has 24 heteroatoms. The molecule has 11 aromatic rings. The summed E-state index contributed by atoms with van der Waals surface area (Å²) >= 11 is 5.30. The van der Waals surface area contributed by atoms with Gasteiger partial charge in [0.1, 0.15) is 34.5 Å².